The third-order valence-corrected chi connectivity index (χ3v) is 2.27. The largest absolute Gasteiger partial charge is 0.369 e. The molecule has 0 aliphatic carbocycles. The lowest BCUT2D eigenvalue weighted by molar-refractivity contribution is 1.31. The zero-order valence-corrected chi connectivity index (χ0v) is 8.33. The Labute approximate surface area is 83.0 Å². The number of aryl methyl sites for hydroxylation is 2. The summed E-state index contributed by atoms with van der Waals surface area (Å²) in [4.78, 5) is 7.00. The fraction of sp³-hybridized carbons (Fsp3) is 0.182. The van der Waals surface area contributed by atoms with Crippen molar-refractivity contribution in [1.29, 1.82) is 0 Å². The Morgan fingerprint density at radius 2 is 2.07 bits per heavy atom. The Kier molecular flexibility index (Phi) is 2.00. The number of hydrogen-bond acceptors (Lipinski definition) is 2. The Morgan fingerprint density at radius 3 is 2.64 bits per heavy atom. The molecule has 0 radical (unpaired) electrons. The van der Waals surface area contributed by atoms with Gasteiger partial charge in [0, 0.05) is 5.56 Å². The molecule has 0 amide bonds. The first-order valence-corrected chi connectivity index (χ1v) is 4.55. The van der Waals surface area contributed by atoms with Crippen LogP contribution in [0.2, 0.25) is 0 Å². The van der Waals surface area contributed by atoms with Gasteiger partial charge in [0.1, 0.15) is 0 Å². The third-order valence-electron chi connectivity index (χ3n) is 2.27. The molecule has 2 aromatic rings. The van der Waals surface area contributed by atoms with Gasteiger partial charge in [-0.15, -0.1) is 0 Å². The van der Waals surface area contributed by atoms with E-state index in [0.29, 0.717) is 5.95 Å². The summed E-state index contributed by atoms with van der Waals surface area (Å²) in [6, 6.07) is 6.31. The van der Waals surface area contributed by atoms with Crippen LogP contribution in [0.1, 0.15) is 11.1 Å². The van der Waals surface area contributed by atoms with Crippen LogP contribution in [0.5, 0.6) is 0 Å². The molecule has 0 saturated heterocycles. The fourth-order valence-electron chi connectivity index (χ4n) is 1.59. The highest BCUT2D eigenvalue weighted by Crippen LogP contribution is 2.22. The monoisotopic (exact) mass is 187 g/mol. The smallest absolute Gasteiger partial charge is 0.197 e. The van der Waals surface area contributed by atoms with Crippen molar-refractivity contribution in [1.82, 2.24) is 9.97 Å². The molecule has 0 unspecified atom stereocenters. The van der Waals surface area contributed by atoms with Crippen LogP contribution in [0.3, 0.4) is 0 Å². The van der Waals surface area contributed by atoms with E-state index in [1.165, 1.54) is 11.1 Å². The van der Waals surface area contributed by atoms with Crippen LogP contribution >= 0.6 is 0 Å². The van der Waals surface area contributed by atoms with Crippen molar-refractivity contribution in [2.45, 2.75) is 13.8 Å². The zero-order chi connectivity index (χ0) is 10.1. The molecular formula is C11H13N3. The summed E-state index contributed by atoms with van der Waals surface area (Å²) < 4.78 is 0. The second-order valence-corrected chi connectivity index (χ2v) is 3.50. The molecule has 3 N–H and O–H groups in total. The topological polar surface area (TPSA) is 54.7 Å². The van der Waals surface area contributed by atoms with Crippen LogP contribution in [0, 0.1) is 13.8 Å². The predicted molar refractivity (Wildman–Crippen MR) is 57.9 cm³/mol. The van der Waals surface area contributed by atoms with Gasteiger partial charge in [0.2, 0.25) is 0 Å². The highest BCUT2D eigenvalue weighted by molar-refractivity contribution is 5.64. The summed E-state index contributed by atoms with van der Waals surface area (Å²) in [7, 11) is 0. The number of nitrogens with zero attached hydrogens (tertiary/aromatic N) is 1. The second kappa shape index (κ2) is 3.18. The average molecular weight is 187 g/mol. The fourth-order valence-corrected chi connectivity index (χ4v) is 1.59. The van der Waals surface area contributed by atoms with Crippen LogP contribution in [-0.2, 0) is 0 Å². The molecule has 0 saturated carbocycles. The first-order chi connectivity index (χ1) is 6.66. The Hall–Kier alpha value is -1.77. The molecule has 0 bridgehead atoms. The lowest BCUT2D eigenvalue weighted by atomic mass is 10.0. The number of imidazole rings is 1. The van der Waals surface area contributed by atoms with E-state index in [1.807, 2.05) is 0 Å². The molecule has 2 rings (SSSR count). The number of H-pyrrole nitrogens is 1. The van der Waals surface area contributed by atoms with Gasteiger partial charge in [-0.3, -0.25) is 0 Å². The number of nitrogens with one attached hydrogen (secondary N) is 1. The van der Waals surface area contributed by atoms with Gasteiger partial charge in [0.15, 0.2) is 5.95 Å². The maximum atomic E-state index is 5.53. The van der Waals surface area contributed by atoms with Crippen LogP contribution in [-0.4, -0.2) is 9.97 Å². The highest BCUT2D eigenvalue weighted by atomic mass is 15.0. The number of hydrogen-bond donors (Lipinski definition) is 2. The number of rotatable bonds is 1. The molecule has 14 heavy (non-hydrogen) atoms. The molecule has 0 fully saturated rings. The van der Waals surface area contributed by atoms with E-state index in [-0.39, 0.29) is 0 Å². The predicted octanol–water partition coefficient (Wildman–Crippen LogP) is 2.28. The van der Waals surface area contributed by atoms with Gasteiger partial charge >= 0.3 is 0 Å². The van der Waals surface area contributed by atoms with Gasteiger partial charge in [-0.25, -0.2) is 4.98 Å². The molecule has 0 aliphatic heterocycles. The maximum absolute atomic E-state index is 5.53. The van der Waals surface area contributed by atoms with E-state index < -0.39 is 0 Å². The molecule has 1 heterocycles. The number of nitrogen functional groups attached to an aromatic ring is 1. The summed E-state index contributed by atoms with van der Waals surface area (Å²) in [6.07, 6.45) is 1.76. The summed E-state index contributed by atoms with van der Waals surface area (Å²) in [5.41, 5.74) is 10.1. The SMILES string of the molecule is Cc1ccc(-c2cnc(N)[nH]2)c(C)c1. The van der Waals surface area contributed by atoms with Crippen molar-refractivity contribution < 1.29 is 0 Å². The third kappa shape index (κ3) is 1.48. The Morgan fingerprint density at radius 1 is 1.29 bits per heavy atom. The summed E-state index contributed by atoms with van der Waals surface area (Å²) >= 11 is 0. The highest BCUT2D eigenvalue weighted by Gasteiger charge is 2.03. The molecule has 0 atom stereocenters. The standard InChI is InChI=1S/C11H13N3/c1-7-3-4-9(8(2)5-7)10-6-13-11(12)14-10/h3-6H,1-2H3,(H3,12,13,14). The first kappa shape index (κ1) is 8.81. The molecule has 3 heteroatoms. The molecule has 0 aliphatic rings. The van der Waals surface area contributed by atoms with Gasteiger partial charge in [-0.1, -0.05) is 23.8 Å². The number of nitrogens with two attached hydrogens (primary N) is 1. The van der Waals surface area contributed by atoms with Crippen molar-refractivity contribution in [3.63, 3.8) is 0 Å². The van der Waals surface area contributed by atoms with Gasteiger partial charge in [-0.05, 0) is 19.4 Å². The van der Waals surface area contributed by atoms with E-state index in [2.05, 4.69) is 42.0 Å². The van der Waals surface area contributed by atoms with E-state index in [9.17, 15) is 0 Å². The summed E-state index contributed by atoms with van der Waals surface area (Å²) in [6.45, 7) is 4.16. The first-order valence-electron chi connectivity index (χ1n) is 4.55. The summed E-state index contributed by atoms with van der Waals surface area (Å²) in [5.74, 6) is 0.458. The van der Waals surface area contributed by atoms with Crippen molar-refractivity contribution in [3.8, 4) is 11.3 Å². The van der Waals surface area contributed by atoms with Crippen LogP contribution in [0.4, 0.5) is 5.95 Å². The molecular weight excluding hydrogens is 174 g/mol. The molecule has 1 aromatic carbocycles. The van der Waals surface area contributed by atoms with Crippen molar-refractivity contribution in [3.05, 3.63) is 35.5 Å². The van der Waals surface area contributed by atoms with Gasteiger partial charge in [0.25, 0.3) is 0 Å². The number of anilines is 1. The number of benzene rings is 1. The van der Waals surface area contributed by atoms with Crippen LogP contribution in [0.25, 0.3) is 11.3 Å². The zero-order valence-electron chi connectivity index (χ0n) is 8.33. The van der Waals surface area contributed by atoms with E-state index >= 15 is 0 Å². The lowest BCUT2D eigenvalue weighted by Crippen LogP contribution is -1.87. The molecule has 0 spiro atoms. The maximum Gasteiger partial charge on any atom is 0.197 e. The Bertz CT molecular complexity index is 457. The van der Waals surface area contributed by atoms with Gasteiger partial charge in [-0.2, -0.15) is 0 Å². The van der Waals surface area contributed by atoms with Crippen LogP contribution in [0.15, 0.2) is 24.4 Å². The summed E-state index contributed by atoms with van der Waals surface area (Å²) in [5, 5.41) is 0. The van der Waals surface area contributed by atoms with E-state index in [4.69, 9.17) is 5.73 Å². The van der Waals surface area contributed by atoms with E-state index in [1.54, 1.807) is 6.20 Å². The number of aromatic nitrogens is 2. The van der Waals surface area contributed by atoms with Gasteiger partial charge < -0.3 is 10.7 Å². The molecule has 72 valence electrons. The molecule has 3 nitrogen and oxygen atoms in total. The average Bonchev–Trinajstić information content (AvgIpc) is 2.51. The lowest BCUT2D eigenvalue weighted by Gasteiger charge is -2.03. The molecule has 1 aromatic heterocycles. The Balaban J connectivity index is 2.52. The van der Waals surface area contributed by atoms with Crippen molar-refractivity contribution in [2.24, 2.45) is 0 Å². The van der Waals surface area contributed by atoms with Gasteiger partial charge in [0.05, 0.1) is 11.9 Å². The minimum Gasteiger partial charge on any atom is -0.369 e. The quantitative estimate of drug-likeness (QED) is 0.719. The van der Waals surface area contributed by atoms with Crippen molar-refractivity contribution >= 4 is 5.95 Å². The second-order valence-electron chi connectivity index (χ2n) is 3.50. The van der Waals surface area contributed by atoms with Crippen molar-refractivity contribution in [2.75, 3.05) is 5.73 Å². The van der Waals surface area contributed by atoms with E-state index in [0.717, 1.165) is 11.3 Å². The minimum atomic E-state index is 0.458. The minimum absolute atomic E-state index is 0.458. The number of aromatic amines is 1. The van der Waals surface area contributed by atoms with Crippen LogP contribution < -0.4 is 5.73 Å². The normalized spacial score (nSPS) is 10.4.